The van der Waals surface area contributed by atoms with Crippen molar-refractivity contribution in [1.82, 2.24) is 5.32 Å². The second-order valence-electron chi connectivity index (χ2n) is 7.06. The number of ether oxygens (including phenoxy) is 1. The fourth-order valence-electron chi connectivity index (χ4n) is 3.00. The Balaban J connectivity index is 1.98. The number of esters is 1. The Hall–Kier alpha value is -2.09. The first-order valence-corrected chi connectivity index (χ1v) is 10.5. The van der Waals surface area contributed by atoms with Crippen LogP contribution in [-0.4, -0.2) is 45.7 Å². The average molecular weight is 382 g/mol. The first-order valence-electron chi connectivity index (χ1n) is 8.65. The molecule has 1 heterocycles. The number of rotatable bonds is 7. The number of anilines is 1. The van der Waals surface area contributed by atoms with Gasteiger partial charge in [0.15, 0.2) is 6.61 Å². The Morgan fingerprint density at radius 1 is 1.35 bits per heavy atom. The van der Waals surface area contributed by atoms with Gasteiger partial charge in [-0.05, 0) is 49.4 Å². The number of hydrogen-bond acceptors (Lipinski definition) is 5. The normalized spacial score (nSPS) is 16.5. The molecule has 0 aromatic heterocycles. The van der Waals surface area contributed by atoms with Crippen LogP contribution in [0.4, 0.5) is 5.69 Å². The molecule has 0 bridgehead atoms. The van der Waals surface area contributed by atoms with Crippen LogP contribution < -0.4 is 9.62 Å². The molecule has 0 radical (unpaired) electrons. The summed E-state index contributed by atoms with van der Waals surface area (Å²) < 4.78 is 30.2. The van der Waals surface area contributed by atoms with Gasteiger partial charge < -0.3 is 10.1 Å². The van der Waals surface area contributed by atoms with E-state index >= 15 is 0 Å². The van der Waals surface area contributed by atoms with Gasteiger partial charge in [-0.1, -0.05) is 13.8 Å². The van der Waals surface area contributed by atoms with Gasteiger partial charge >= 0.3 is 5.97 Å². The van der Waals surface area contributed by atoms with Gasteiger partial charge in [-0.15, -0.1) is 0 Å². The molecule has 1 aromatic carbocycles. The van der Waals surface area contributed by atoms with E-state index in [2.05, 4.69) is 19.2 Å². The van der Waals surface area contributed by atoms with E-state index in [1.807, 2.05) is 6.92 Å². The van der Waals surface area contributed by atoms with Gasteiger partial charge in [0.2, 0.25) is 10.0 Å². The third-order valence-corrected chi connectivity index (χ3v) is 5.47. The number of carbonyl (C=O) groups excluding carboxylic acids is 2. The van der Waals surface area contributed by atoms with Crippen molar-refractivity contribution in [2.45, 2.75) is 39.7 Å². The maximum Gasteiger partial charge on any atom is 0.338 e. The molecular weight excluding hydrogens is 356 g/mol. The first kappa shape index (κ1) is 20.2. The zero-order chi connectivity index (χ0) is 19.5. The maximum atomic E-state index is 12.2. The van der Waals surface area contributed by atoms with E-state index in [0.717, 1.165) is 12.0 Å². The number of nitrogens with one attached hydrogen (secondary N) is 1. The highest BCUT2D eigenvalue weighted by Crippen LogP contribution is 2.34. The van der Waals surface area contributed by atoms with Crippen molar-refractivity contribution in [3.8, 4) is 0 Å². The van der Waals surface area contributed by atoms with Crippen LogP contribution in [0.1, 0.15) is 43.1 Å². The monoisotopic (exact) mass is 382 g/mol. The molecule has 0 unspecified atom stereocenters. The van der Waals surface area contributed by atoms with Crippen molar-refractivity contribution in [3.05, 3.63) is 29.3 Å². The Kier molecular flexibility index (Phi) is 6.28. The maximum absolute atomic E-state index is 12.2. The quantitative estimate of drug-likeness (QED) is 0.725. The highest BCUT2D eigenvalue weighted by molar-refractivity contribution is 7.92. The lowest BCUT2D eigenvalue weighted by molar-refractivity contribution is -0.124. The van der Waals surface area contributed by atoms with Gasteiger partial charge in [0.25, 0.3) is 5.91 Å². The fourth-order valence-corrected chi connectivity index (χ4v) is 4.26. The summed E-state index contributed by atoms with van der Waals surface area (Å²) in [5.74, 6) is -0.451. The van der Waals surface area contributed by atoms with E-state index in [1.54, 1.807) is 12.1 Å². The molecule has 1 aliphatic rings. The highest BCUT2D eigenvalue weighted by atomic mass is 32.2. The molecule has 0 saturated carbocycles. The zero-order valence-corrected chi connectivity index (χ0v) is 16.4. The van der Waals surface area contributed by atoms with Crippen LogP contribution in [0.15, 0.2) is 18.2 Å². The molecule has 1 aliphatic heterocycles. The molecule has 0 saturated heterocycles. The van der Waals surface area contributed by atoms with Crippen LogP contribution in [0.2, 0.25) is 0 Å². The van der Waals surface area contributed by atoms with Crippen molar-refractivity contribution in [3.63, 3.8) is 0 Å². The average Bonchev–Trinajstić information content (AvgIpc) is 2.86. The van der Waals surface area contributed by atoms with Crippen LogP contribution in [0.3, 0.4) is 0 Å². The summed E-state index contributed by atoms with van der Waals surface area (Å²) in [7, 11) is -3.37. The molecule has 144 valence electrons. The number of sulfonamides is 1. The van der Waals surface area contributed by atoms with E-state index < -0.39 is 16.0 Å². The van der Waals surface area contributed by atoms with Gasteiger partial charge in [0.05, 0.1) is 17.5 Å². The summed E-state index contributed by atoms with van der Waals surface area (Å²) >= 11 is 0. The Morgan fingerprint density at radius 2 is 2.04 bits per heavy atom. The van der Waals surface area contributed by atoms with Crippen molar-refractivity contribution in [2.75, 3.05) is 23.7 Å². The minimum absolute atomic E-state index is 0.196. The van der Waals surface area contributed by atoms with E-state index in [9.17, 15) is 18.0 Å². The van der Waals surface area contributed by atoms with Crippen LogP contribution in [0.25, 0.3) is 0 Å². The summed E-state index contributed by atoms with van der Waals surface area (Å²) in [6, 6.07) is 4.57. The smallest absolute Gasteiger partial charge is 0.338 e. The molecule has 0 spiro atoms. The highest BCUT2D eigenvalue weighted by Gasteiger charge is 2.32. The molecule has 1 N–H and O–H groups in total. The minimum atomic E-state index is -3.37. The molecule has 1 aromatic rings. The van der Waals surface area contributed by atoms with Gasteiger partial charge in [0, 0.05) is 12.6 Å². The van der Waals surface area contributed by atoms with E-state index in [1.165, 1.54) is 16.6 Å². The SMILES string of the molecule is CC(C)CCNC(=O)COC(=O)c1ccc2c(c1)C[C@H](C)N2S(C)(=O)=O. The molecule has 7 nitrogen and oxygen atoms in total. The summed E-state index contributed by atoms with van der Waals surface area (Å²) in [6.45, 7) is 6.16. The number of amides is 1. The van der Waals surface area contributed by atoms with Crippen molar-refractivity contribution in [1.29, 1.82) is 0 Å². The number of fused-ring (bicyclic) bond motifs is 1. The number of nitrogens with zero attached hydrogens (tertiary/aromatic N) is 1. The molecule has 0 aliphatic carbocycles. The standard InChI is InChI=1S/C18H26N2O5S/c1-12(2)7-8-19-17(21)11-25-18(22)14-5-6-16-15(10-14)9-13(3)20(16)26(4,23)24/h5-6,10,12-13H,7-9,11H2,1-4H3,(H,19,21)/t13-/m0/s1. The van der Waals surface area contributed by atoms with E-state index in [0.29, 0.717) is 30.1 Å². The molecule has 0 fully saturated rings. The fraction of sp³-hybridized carbons (Fsp3) is 0.556. The van der Waals surface area contributed by atoms with Crippen molar-refractivity contribution >= 4 is 27.6 Å². The van der Waals surface area contributed by atoms with E-state index in [4.69, 9.17) is 4.74 Å². The molecular formula is C18H26N2O5S. The second-order valence-corrected chi connectivity index (χ2v) is 8.92. The number of hydrogen-bond donors (Lipinski definition) is 1. The Morgan fingerprint density at radius 3 is 2.65 bits per heavy atom. The van der Waals surface area contributed by atoms with Gasteiger partial charge in [-0.2, -0.15) is 0 Å². The third kappa shape index (κ3) is 4.97. The molecule has 2 rings (SSSR count). The van der Waals surface area contributed by atoms with Crippen molar-refractivity contribution in [2.24, 2.45) is 5.92 Å². The van der Waals surface area contributed by atoms with Crippen LogP contribution in [-0.2, 0) is 26.0 Å². The summed E-state index contributed by atoms with van der Waals surface area (Å²) in [4.78, 5) is 23.8. The zero-order valence-electron chi connectivity index (χ0n) is 15.6. The van der Waals surface area contributed by atoms with Crippen LogP contribution in [0, 0.1) is 5.92 Å². The van der Waals surface area contributed by atoms with Gasteiger partial charge in [-0.3, -0.25) is 9.10 Å². The lowest BCUT2D eigenvalue weighted by Crippen LogP contribution is -2.34. The Labute approximate surface area is 154 Å². The molecule has 26 heavy (non-hydrogen) atoms. The van der Waals surface area contributed by atoms with Crippen LogP contribution in [0.5, 0.6) is 0 Å². The lowest BCUT2D eigenvalue weighted by atomic mass is 10.1. The minimum Gasteiger partial charge on any atom is -0.452 e. The van der Waals surface area contributed by atoms with Gasteiger partial charge in [0.1, 0.15) is 0 Å². The van der Waals surface area contributed by atoms with Gasteiger partial charge in [-0.25, -0.2) is 13.2 Å². The Bertz CT molecular complexity index is 789. The molecule has 1 atom stereocenters. The first-order chi connectivity index (χ1) is 12.1. The van der Waals surface area contributed by atoms with Crippen molar-refractivity contribution < 1.29 is 22.7 Å². The predicted molar refractivity (Wildman–Crippen MR) is 99.7 cm³/mol. The van der Waals surface area contributed by atoms with Crippen LogP contribution >= 0.6 is 0 Å². The summed E-state index contributed by atoms with van der Waals surface area (Å²) in [5.41, 5.74) is 1.67. The lowest BCUT2D eigenvalue weighted by Gasteiger charge is -2.21. The predicted octanol–water partition coefficient (Wildman–Crippen LogP) is 1.72. The van der Waals surface area contributed by atoms with E-state index in [-0.39, 0.29) is 18.6 Å². The summed E-state index contributed by atoms with van der Waals surface area (Å²) in [5, 5.41) is 2.70. The molecule has 8 heteroatoms. The number of benzene rings is 1. The second kappa shape index (κ2) is 8.07. The summed E-state index contributed by atoms with van der Waals surface area (Å²) in [6.07, 6.45) is 2.55. The largest absolute Gasteiger partial charge is 0.452 e. The molecule has 1 amide bonds. The topological polar surface area (TPSA) is 92.8 Å². The number of carbonyl (C=O) groups is 2. The third-order valence-electron chi connectivity index (χ3n) is 4.20.